The molecule has 4 rings (SSSR count). The van der Waals surface area contributed by atoms with E-state index in [1.165, 1.54) is 4.90 Å². The van der Waals surface area contributed by atoms with E-state index in [1.807, 2.05) is 0 Å². The molecule has 0 bridgehead atoms. The number of alkyl halides is 1. The van der Waals surface area contributed by atoms with E-state index in [0.717, 1.165) is 9.91 Å². The number of carbonyl (C=O) groups is 3. The first-order valence-corrected chi connectivity index (χ1v) is 11.9. The molecule has 0 aliphatic carbocycles. The van der Waals surface area contributed by atoms with Crippen LogP contribution in [0.3, 0.4) is 0 Å². The second kappa shape index (κ2) is 7.52. The number of fused-ring (bicyclic) bond motifs is 1. The number of hydrogen-bond acceptors (Lipinski definition) is 6. The van der Waals surface area contributed by atoms with Crippen LogP contribution in [-0.4, -0.2) is 70.1 Å². The van der Waals surface area contributed by atoms with Crippen LogP contribution in [0.25, 0.3) is 0 Å². The van der Waals surface area contributed by atoms with Gasteiger partial charge in [0.05, 0.1) is 21.8 Å². The normalized spacial score (nSPS) is 29.7. The maximum Gasteiger partial charge on any atom is 0.352 e. The molecule has 3 aliphatic heterocycles. The highest BCUT2D eigenvalue weighted by molar-refractivity contribution is 9.09. The van der Waals surface area contributed by atoms with E-state index in [1.54, 1.807) is 44.2 Å². The highest BCUT2D eigenvalue weighted by Gasteiger charge is 2.66. The fourth-order valence-corrected chi connectivity index (χ4v) is 6.96. The summed E-state index contributed by atoms with van der Waals surface area (Å²) < 4.78 is 13.0. The minimum absolute atomic E-state index is 0.0297. The van der Waals surface area contributed by atoms with Gasteiger partial charge in [0.1, 0.15) is 22.8 Å². The van der Waals surface area contributed by atoms with E-state index >= 15 is 0 Å². The van der Waals surface area contributed by atoms with Gasteiger partial charge in [-0.05, 0) is 25.0 Å². The van der Waals surface area contributed by atoms with E-state index in [0.29, 0.717) is 11.1 Å². The van der Waals surface area contributed by atoms with Crippen molar-refractivity contribution in [3.05, 3.63) is 52.1 Å². The van der Waals surface area contributed by atoms with Crippen molar-refractivity contribution >= 4 is 44.5 Å². The fraction of sp³-hybridized carbons (Fsp3) is 0.421. The molecule has 31 heavy (non-hydrogen) atoms. The molecule has 1 aromatic carbocycles. The van der Waals surface area contributed by atoms with E-state index in [2.05, 4.69) is 21.2 Å². The van der Waals surface area contributed by atoms with Gasteiger partial charge in [0.2, 0.25) is 0 Å². The lowest BCUT2D eigenvalue weighted by Gasteiger charge is -2.54. The van der Waals surface area contributed by atoms with Gasteiger partial charge >= 0.3 is 5.97 Å². The highest BCUT2D eigenvalue weighted by Crippen LogP contribution is 2.47. The Morgan fingerprint density at radius 3 is 2.45 bits per heavy atom. The van der Waals surface area contributed by atoms with Crippen LogP contribution < -0.4 is 0 Å². The molecule has 4 atom stereocenters. The van der Waals surface area contributed by atoms with Gasteiger partial charge < -0.3 is 10.0 Å². The summed E-state index contributed by atoms with van der Waals surface area (Å²) in [5.74, 6) is -2.50. The molecule has 10 nitrogen and oxygen atoms in total. The molecule has 3 aliphatic rings. The quantitative estimate of drug-likeness (QED) is 0.359. The van der Waals surface area contributed by atoms with E-state index < -0.39 is 51.7 Å². The van der Waals surface area contributed by atoms with Crippen molar-refractivity contribution in [2.24, 2.45) is 5.29 Å². The number of amides is 2. The Labute approximate surface area is 188 Å². The average molecular weight is 511 g/mol. The maximum atomic E-state index is 13.5. The number of carboxylic acids is 1. The van der Waals surface area contributed by atoms with Crippen LogP contribution in [0.2, 0.25) is 0 Å². The van der Waals surface area contributed by atoms with Crippen LogP contribution in [0.1, 0.15) is 25.5 Å². The lowest BCUT2D eigenvalue weighted by atomic mass is 9.98. The molecule has 2 fully saturated rings. The van der Waals surface area contributed by atoms with E-state index in [4.69, 9.17) is 0 Å². The number of halogens is 1. The first kappa shape index (κ1) is 21.6. The molecule has 1 N–H and O–H groups in total. The van der Waals surface area contributed by atoms with Crippen molar-refractivity contribution in [1.82, 2.24) is 14.8 Å². The molecule has 2 amide bonds. The Balaban J connectivity index is 1.77. The topological polar surface area (TPSA) is 128 Å². The van der Waals surface area contributed by atoms with Gasteiger partial charge in [-0.2, -0.15) is 0 Å². The van der Waals surface area contributed by atoms with Gasteiger partial charge in [-0.15, -0.1) is 4.91 Å². The summed E-state index contributed by atoms with van der Waals surface area (Å²) in [6.07, 6.45) is 0. The van der Waals surface area contributed by atoms with Crippen molar-refractivity contribution in [1.29, 1.82) is 0 Å². The monoisotopic (exact) mass is 510 g/mol. The molecule has 0 spiro atoms. The summed E-state index contributed by atoms with van der Waals surface area (Å²) in [5.41, 5.74) is -0.626. The summed E-state index contributed by atoms with van der Waals surface area (Å²) in [7, 11) is -1.63. The summed E-state index contributed by atoms with van der Waals surface area (Å²) in [4.78, 5) is 52.4. The zero-order chi connectivity index (χ0) is 22.7. The lowest BCUT2D eigenvalue weighted by Crippen LogP contribution is -2.76. The van der Waals surface area contributed by atoms with Crippen LogP contribution in [0.15, 0.2) is 46.9 Å². The Hall–Kier alpha value is -2.60. The van der Waals surface area contributed by atoms with Gasteiger partial charge in [-0.25, -0.2) is 9.80 Å². The average Bonchev–Trinajstić information content (AvgIpc) is 2.93. The highest BCUT2D eigenvalue weighted by atomic mass is 79.9. The van der Waals surface area contributed by atoms with Crippen molar-refractivity contribution in [2.75, 3.05) is 11.1 Å². The smallest absolute Gasteiger partial charge is 0.352 e. The van der Waals surface area contributed by atoms with Gasteiger partial charge in [-0.3, -0.25) is 18.7 Å². The molecule has 12 heteroatoms. The second-order valence-corrected chi connectivity index (χ2v) is 10.00. The van der Waals surface area contributed by atoms with Gasteiger partial charge in [0.15, 0.2) is 6.04 Å². The number of nitrogens with zero attached hydrogens (tertiary/aromatic N) is 4. The van der Waals surface area contributed by atoms with Gasteiger partial charge in [0, 0.05) is 5.33 Å². The van der Waals surface area contributed by atoms with Crippen molar-refractivity contribution in [3.63, 3.8) is 0 Å². The Bertz CT molecular complexity index is 1050. The third kappa shape index (κ3) is 2.95. The van der Waals surface area contributed by atoms with E-state index in [-0.39, 0.29) is 16.8 Å². The van der Waals surface area contributed by atoms with Crippen LogP contribution in [0, 0.1) is 4.91 Å². The summed E-state index contributed by atoms with van der Waals surface area (Å²) in [6, 6.07) is 6.37. The molecular formula is C19H19BrN4O6S. The molecule has 164 valence electrons. The predicted molar refractivity (Wildman–Crippen MR) is 114 cm³/mol. The third-order valence-corrected chi connectivity index (χ3v) is 8.21. The summed E-state index contributed by atoms with van der Waals surface area (Å²) >= 11 is 3.19. The molecule has 0 saturated carbocycles. The van der Waals surface area contributed by atoms with Crippen molar-refractivity contribution in [3.8, 4) is 0 Å². The van der Waals surface area contributed by atoms with Crippen LogP contribution in [0.4, 0.5) is 0 Å². The number of β-lactam (4-membered cyclic amide) rings is 1. The van der Waals surface area contributed by atoms with Gasteiger partial charge in [-0.1, -0.05) is 46.3 Å². The minimum Gasteiger partial charge on any atom is -0.477 e. The number of carbonyl (C=O) groups excluding carboxylic acids is 2. The van der Waals surface area contributed by atoms with Crippen molar-refractivity contribution < 1.29 is 23.7 Å². The molecule has 2 saturated heterocycles. The Morgan fingerprint density at radius 2 is 1.90 bits per heavy atom. The van der Waals surface area contributed by atoms with Crippen LogP contribution >= 0.6 is 15.9 Å². The van der Waals surface area contributed by atoms with Crippen molar-refractivity contribution in [2.45, 2.75) is 37.0 Å². The SMILES string of the molecule is CC1(C)N(N=O)C(c2ccccc2)C(=O)N1C1C(=O)N2C(C(=O)O)=C(CBr)CS(=O)[C@@H]12. The maximum absolute atomic E-state index is 13.5. The molecule has 0 aromatic heterocycles. The Kier molecular flexibility index (Phi) is 5.24. The van der Waals surface area contributed by atoms with Crippen LogP contribution in [0.5, 0.6) is 0 Å². The molecular weight excluding hydrogens is 492 g/mol. The second-order valence-electron chi connectivity index (χ2n) is 7.90. The zero-order valence-electron chi connectivity index (χ0n) is 16.6. The minimum atomic E-state index is -1.63. The predicted octanol–water partition coefficient (Wildman–Crippen LogP) is 1.32. The fourth-order valence-electron chi connectivity index (χ4n) is 4.51. The number of nitroso groups, excluding NO2 is 1. The number of carboxylic acid groups (broad SMARTS) is 1. The summed E-state index contributed by atoms with van der Waals surface area (Å²) in [6.45, 7) is 3.16. The van der Waals surface area contributed by atoms with Gasteiger partial charge in [0.25, 0.3) is 11.8 Å². The number of aliphatic carboxylic acids is 1. The largest absolute Gasteiger partial charge is 0.477 e. The molecule has 0 radical (unpaired) electrons. The molecule has 3 unspecified atom stereocenters. The van der Waals surface area contributed by atoms with E-state index in [9.17, 15) is 28.6 Å². The Morgan fingerprint density at radius 1 is 1.26 bits per heavy atom. The number of rotatable bonds is 5. The number of hydrogen-bond donors (Lipinski definition) is 1. The first-order valence-electron chi connectivity index (χ1n) is 9.39. The lowest BCUT2D eigenvalue weighted by molar-refractivity contribution is -0.164. The first-order chi connectivity index (χ1) is 14.7. The number of benzene rings is 1. The molecule has 3 heterocycles. The standard InChI is InChI=1S/C19H19BrN4O6S/c1-19(2)23(16(26)12(24(19)21-29)10-6-4-3-5-7-10)14-15(25)22-13(18(27)28)11(8-20)9-31(30)17(14)22/h3-7,12,14,17H,8-9H2,1-2H3,(H,27,28)/t12?,14?,17-,31?/m0/s1. The molecule has 1 aromatic rings. The van der Waals surface area contributed by atoms with Crippen LogP contribution in [-0.2, 0) is 25.2 Å². The third-order valence-electron chi connectivity index (χ3n) is 5.89. The zero-order valence-corrected chi connectivity index (χ0v) is 19.0. The summed E-state index contributed by atoms with van der Waals surface area (Å²) in [5, 5.41) is 12.9.